The van der Waals surface area contributed by atoms with Crippen LogP contribution in [0.15, 0.2) is 52.2 Å². The van der Waals surface area contributed by atoms with Gasteiger partial charge < -0.3 is 24.6 Å². The molecule has 9 nitrogen and oxygen atoms in total. The quantitative estimate of drug-likeness (QED) is 0.150. The first kappa shape index (κ1) is 27.5. The van der Waals surface area contributed by atoms with Crippen LogP contribution >= 0.6 is 23.4 Å². The molecule has 2 aromatic heterocycles. The summed E-state index contributed by atoms with van der Waals surface area (Å²) < 4.78 is 15.5. The van der Waals surface area contributed by atoms with Gasteiger partial charge in [0.1, 0.15) is 5.82 Å². The van der Waals surface area contributed by atoms with Gasteiger partial charge in [-0.15, -0.1) is 5.73 Å². The molecule has 11 heteroatoms. The number of anilines is 3. The van der Waals surface area contributed by atoms with Crippen LogP contribution in [0, 0.1) is 0 Å². The fourth-order valence-corrected chi connectivity index (χ4v) is 4.67. The van der Waals surface area contributed by atoms with Crippen LogP contribution in [0.3, 0.4) is 0 Å². The molecule has 38 heavy (non-hydrogen) atoms. The molecule has 0 atom stereocenters. The van der Waals surface area contributed by atoms with Crippen molar-refractivity contribution in [1.82, 2.24) is 15.1 Å². The Labute approximate surface area is 230 Å². The number of aryl methyl sites for hydroxylation is 1. The number of carbonyl (C=O) groups is 1. The largest absolute Gasteiger partial charge is 0.461 e. The number of thioether (sulfide) groups is 1. The van der Waals surface area contributed by atoms with Gasteiger partial charge in [0, 0.05) is 48.8 Å². The lowest BCUT2D eigenvalue weighted by molar-refractivity contribution is 0.0514. The summed E-state index contributed by atoms with van der Waals surface area (Å²) in [7, 11) is 1.68. The van der Waals surface area contributed by atoms with Crippen LogP contribution in [0.2, 0.25) is 5.02 Å². The van der Waals surface area contributed by atoms with Crippen LogP contribution in [0.1, 0.15) is 47.6 Å². The van der Waals surface area contributed by atoms with E-state index < -0.39 is 5.97 Å². The number of allylic oxidation sites excluding steroid dienone is 2. The summed E-state index contributed by atoms with van der Waals surface area (Å²) in [6.07, 6.45) is 5.21. The molecule has 0 amide bonds. The number of nitrogens with zero attached hydrogens (tertiary/aromatic N) is 3. The predicted octanol–water partition coefficient (Wildman–Crippen LogP) is 6.33. The molecular weight excluding hydrogens is 526 g/mol. The second kappa shape index (κ2) is 13.3. The number of benzene rings is 1. The summed E-state index contributed by atoms with van der Waals surface area (Å²) in [5.41, 5.74) is 6.83. The van der Waals surface area contributed by atoms with Crippen LogP contribution in [0.5, 0.6) is 0 Å². The number of esters is 1. The van der Waals surface area contributed by atoms with Gasteiger partial charge in [0.25, 0.3) is 0 Å². The summed E-state index contributed by atoms with van der Waals surface area (Å²) >= 11 is 7.82. The molecule has 0 fully saturated rings. The van der Waals surface area contributed by atoms with E-state index in [1.54, 1.807) is 32.4 Å². The molecule has 1 aliphatic rings. The third-order valence-electron chi connectivity index (χ3n) is 5.48. The molecule has 0 aliphatic carbocycles. The highest BCUT2D eigenvalue weighted by Crippen LogP contribution is 2.37. The molecule has 0 radical (unpaired) electrons. The van der Waals surface area contributed by atoms with Crippen LogP contribution in [-0.4, -0.2) is 48.0 Å². The number of hydrogen-bond donors (Lipinski definition) is 2. The van der Waals surface area contributed by atoms with E-state index in [0.29, 0.717) is 35.7 Å². The number of rotatable bonds is 12. The zero-order valence-electron chi connectivity index (χ0n) is 21.3. The first-order chi connectivity index (χ1) is 18.5. The summed E-state index contributed by atoms with van der Waals surface area (Å²) in [6.45, 7) is 5.37. The topological polar surface area (TPSA) is 111 Å². The molecule has 198 valence electrons. The van der Waals surface area contributed by atoms with E-state index in [1.165, 1.54) is 11.8 Å². The van der Waals surface area contributed by atoms with Gasteiger partial charge in [0.2, 0.25) is 5.95 Å². The Morgan fingerprint density at radius 1 is 1.26 bits per heavy atom. The predicted molar refractivity (Wildman–Crippen MR) is 151 cm³/mol. The van der Waals surface area contributed by atoms with Gasteiger partial charge in [-0.1, -0.05) is 41.5 Å². The van der Waals surface area contributed by atoms with Crippen molar-refractivity contribution in [3.8, 4) is 0 Å². The Morgan fingerprint density at radius 3 is 2.84 bits per heavy atom. The Balaban J connectivity index is 1.56. The van der Waals surface area contributed by atoms with E-state index in [4.69, 9.17) is 30.6 Å². The van der Waals surface area contributed by atoms with Crippen molar-refractivity contribution in [1.29, 1.82) is 0 Å². The van der Waals surface area contributed by atoms with Crippen molar-refractivity contribution < 1.29 is 18.8 Å². The molecule has 3 aromatic rings. The van der Waals surface area contributed by atoms with Gasteiger partial charge in [-0.2, -0.15) is 4.98 Å². The maximum atomic E-state index is 11.9. The SMILES string of the molecule is CCOC(=O)c1cc(C2=CSC(c3cnc(Nc4ccc(CC)c(Cl)c4)nc3NCCCOC)=C=C2)on1. The zero-order valence-corrected chi connectivity index (χ0v) is 22.9. The van der Waals surface area contributed by atoms with Crippen molar-refractivity contribution in [2.24, 2.45) is 0 Å². The molecule has 0 bridgehead atoms. The van der Waals surface area contributed by atoms with Gasteiger partial charge in [0.15, 0.2) is 11.5 Å². The highest BCUT2D eigenvalue weighted by molar-refractivity contribution is 8.11. The molecule has 2 N–H and O–H groups in total. The van der Waals surface area contributed by atoms with E-state index in [1.807, 2.05) is 23.6 Å². The minimum absolute atomic E-state index is 0.126. The molecule has 1 aromatic carbocycles. The van der Waals surface area contributed by atoms with Crippen molar-refractivity contribution in [3.05, 3.63) is 75.3 Å². The van der Waals surface area contributed by atoms with Crippen LogP contribution < -0.4 is 10.6 Å². The smallest absolute Gasteiger partial charge is 0.360 e. The summed E-state index contributed by atoms with van der Waals surface area (Å²) in [5, 5.41) is 13.0. The monoisotopic (exact) mass is 553 g/mol. The number of carbonyl (C=O) groups excluding carboxylic acids is 1. The Kier molecular flexibility index (Phi) is 9.62. The van der Waals surface area contributed by atoms with E-state index in [-0.39, 0.29) is 12.3 Å². The fraction of sp³-hybridized carbons (Fsp3) is 0.296. The maximum absolute atomic E-state index is 11.9. The van der Waals surface area contributed by atoms with Crippen molar-refractivity contribution >= 4 is 57.3 Å². The minimum Gasteiger partial charge on any atom is -0.461 e. The number of ether oxygens (including phenoxy) is 2. The number of aromatic nitrogens is 3. The highest BCUT2D eigenvalue weighted by Gasteiger charge is 2.18. The Bertz CT molecular complexity index is 1400. The molecule has 0 saturated carbocycles. The average Bonchev–Trinajstić information content (AvgIpc) is 3.42. The van der Waals surface area contributed by atoms with Crippen molar-refractivity contribution in [2.75, 3.05) is 37.5 Å². The molecule has 1 aliphatic heterocycles. The Morgan fingerprint density at radius 2 is 2.13 bits per heavy atom. The second-order valence-electron chi connectivity index (χ2n) is 8.12. The number of methoxy groups -OCH3 is 1. The van der Waals surface area contributed by atoms with Crippen molar-refractivity contribution in [3.63, 3.8) is 0 Å². The van der Waals surface area contributed by atoms with Crippen LogP contribution in [0.25, 0.3) is 10.5 Å². The summed E-state index contributed by atoms with van der Waals surface area (Å²) in [6, 6.07) is 7.37. The lowest BCUT2D eigenvalue weighted by atomic mass is 10.1. The maximum Gasteiger partial charge on any atom is 0.360 e. The summed E-state index contributed by atoms with van der Waals surface area (Å²) in [5.74, 6) is 1.04. The molecule has 3 heterocycles. The molecule has 0 spiro atoms. The van der Waals surface area contributed by atoms with E-state index in [2.05, 4.69) is 33.4 Å². The zero-order chi connectivity index (χ0) is 26.9. The van der Waals surface area contributed by atoms with E-state index in [0.717, 1.165) is 40.1 Å². The average molecular weight is 554 g/mol. The van der Waals surface area contributed by atoms with Crippen LogP contribution in [-0.2, 0) is 15.9 Å². The Hall–Kier alpha value is -3.56. The highest BCUT2D eigenvalue weighted by atomic mass is 35.5. The molecule has 0 saturated heterocycles. The summed E-state index contributed by atoms with van der Waals surface area (Å²) in [4.78, 5) is 22.0. The van der Waals surface area contributed by atoms with Crippen LogP contribution in [0.4, 0.5) is 17.5 Å². The van der Waals surface area contributed by atoms with Gasteiger partial charge in [0.05, 0.1) is 17.1 Å². The second-order valence-corrected chi connectivity index (χ2v) is 9.41. The number of halogens is 1. The first-order valence-corrected chi connectivity index (χ1v) is 13.4. The normalized spacial score (nSPS) is 12.6. The molecule has 0 unspecified atom stereocenters. The third-order valence-corrected chi connectivity index (χ3v) is 6.78. The standard InChI is InChI=1S/C27H28ClN5O4S/c1-4-17-7-9-19(13-21(17)28)31-27-30-15-20(25(32-27)29-11-6-12-35-3)24-10-8-18(16-38-24)23-14-22(33-37-23)26(34)36-5-2/h7-9,13-16H,4-6,11-12H2,1-3H3,(H2,29,30,31,32). The van der Waals surface area contributed by atoms with E-state index >= 15 is 0 Å². The third kappa shape index (κ3) is 6.85. The molecular formula is C27H28ClN5O4S. The molecule has 4 rings (SSSR count). The van der Waals surface area contributed by atoms with E-state index in [9.17, 15) is 4.79 Å². The van der Waals surface area contributed by atoms with Gasteiger partial charge in [-0.3, -0.25) is 0 Å². The first-order valence-electron chi connectivity index (χ1n) is 12.2. The van der Waals surface area contributed by atoms with Gasteiger partial charge >= 0.3 is 5.97 Å². The van der Waals surface area contributed by atoms with Gasteiger partial charge in [-0.05, 0) is 48.9 Å². The lowest BCUT2D eigenvalue weighted by Crippen LogP contribution is -2.10. The van der Waals surface area contributed by atoms with Gasteiger partial charge in [-0.25, -0.2) is 9.78 Å². The lowest BCUT2D eigenvalue weighted by Gasteiger charge is -2.15. The minimum atomic E-state index is -0.523. The fourth-order valence-electron chi connectivity index (χ4n) is 3.52. The number of nitrogens with one attached hydrogen (secondary N) is 2. The van der Waals surface area contributed by atoms with Crippen molar-refractivity contribution in [2.45, 2.75) is 26.7 Å². The number of hydrogen-bond acceptors (Lipinski definition) is 10.